The van der Waals surface area contributed by atoms with Crippen molar-refractivity contribution in [1.29, 1.82) is 0 Å². The first-order valence-corrected chi connectivity index (χ1v) is 8.03. The Labute approximate surface area is 124 Å². The van der Waals surface area contributed by atoms with E-state index in [-0.39, 0.29) is 0 Å². The Morgan fingerprint density at radius 2 is 1.95 bits per heavy atom. The second kappa shape index (κ2) is 7.09. The molecule has 102 valence electrons. The van der Waals surface area contributed by atoms with Gasteiger partial charge in [0.15, 0.2) is 0 Å². The Morgan fingerprint density at radius 1 is 1.21 bits per heavy atom. The van der Waals surface area contributed by atoms with Crippen molar-refractivity contribution in [2.24, 2.45) is 0 Å². The summed E-state index contributed by atoms with van der Waals surface area (Å²) in [6, 6.07) is 11.2. The van der Waals surface area contributed by atoms with Crippen LogP contribution in [0.15, 0.2) is 41.1 Å². The molecule has 0 radical (unpaired) electrons. The Bertz CT molecular complexity index is 478. The first kappa shape index (κ1) is 14.6. The lowest BCUT2D eigenvalue weighted by molar-refractivity contribution is 0.444. The number of rotatable bonds is 6. The molecule has 2 atom stereocenters. The monoisotopic (exact) mass is 293 g/mol. The number of nitrogens with one attached hydrogen (secondary N) is 1. The van der Waals surface area contributed by atoms with E-state index in [0.29, 0.717) is 12.1 Å². The summed E-state index contributed by atoms with van der Waals surface area (Å²) in [6.45, 7) is 4.46. The lowest BCUT2D eigenvalue weighted by Crippen LogP contribution is -2.31. The van der Waals surface area contributed by atoms with Gasteiger partial charge in [-0.3, -0.25) is 0 Å². The third-order valence-corrected chi connectivity index (χ3v) is 4.27. The van der Waals surface area contributed by atoms with Gasteiger partial charge in [0.05, 0.1) is 0 Å². The van der Waals surface area contributed by atoms with E-state index in [1.807, 2.05) is 12.1 Å². The number of hydrogen-bond acceptors (Lipinski definition) is 2. The highest BCUT2D eigenvalue weighted by Gasteiger charge is 2.12. The molecule has 1 heterocycles. The van der Waals surface area contributed by atoms with Gasteiger partial charge in [-0.05, 0) is 59.9 Å². The van der Waals surface area contributed by atoms with Crippen LogP contribution >= 0.6 is 22.9 Å². The van der Waals surface area contributed by atoms with Crippen molar-refractivity contribution < 1.29 is 0 Å². The van der Waals surface area contributed by atoms with Gasteiger partial charge < -0.3 is 5.32 Å². The van der Waals surface area contributed by atoms with Crippen LogP contribution in [-0.2, 0) is 6.42 Å². The molecule has 3 heteroatoms. The maximum Gasteiger partial charge on any atom is 0.0406 e. The summed E-state index contributed by atoms with van der Waals surface area (Å²) < 4.78 is 0. The molecule has 0 saturated carbocycles. The largest absolute Gasteiger partial charge is 0.307 e. The quantitative estimate of drug-likeness (QED) is 0.784. The number of thiophene rings is 1. The van der Waals surface area contributed by atoms with Crippen molar-refractivity contribution in [2.75, 3.05) is 0 Å². The summed E-state index contributed by atoms with van der Waals surface area (Å²) in [5.74, 6) is 0. The highest BCUT2D eigenvalue weighted by atomic mass is 35.5. The summed E-state index contributed by atoms with van der Waals surface area (Å²) in [7, 11) is 0. The first-order chi connectivity index (χ1) is 9.19. The molecular weight excluding hydrogens is 274 g/mol. The maximum atomic E-state index is 5.94. The van der Waals surface area contributed by atoms with E-state index in [2.05, 4.69) is 48.1 Å². The molecule has 19 heavy (non-hydrogen) atoms. The highest BCUT2D eigenvalue weighted by Crippen LogP contribution is 2.20. The third-order valence-electron chi connectivity index (χ3n) is 3.29. The summed E-state index contributed by atoms with van der Waals surface area (Å²) in [5.41, 5.74) is 2.72. The zero-order valence-electron chi connectivity index (χ0n) is 11.4. The Hall–Kier alpha value is -0.830. The molecular formula is C16H20ClNS. The van der Waals surface area contributed by atoms with Crippen LogP contribution in [0.25, 0.3) is 0 Å². The zero-order valence-corrected chi connectivity index (χ0v) is 13.0. The molecule has 2 aromatic rings. The second-order valence-electron chi connectivity index (χ2n) is 4.92. The summed E-state index contributed by atoms with van der Waals surface area (Å²) >= 11 is 7.70. The summed E-state index contributed by atoms with van der Waals surface area (Å²) in [4.78, 5) is 0. The Morgan fingerprint density at radius 3 is 2.53 bits per heavy atom. The average Bonchev–Trinajstić information content (AvgIpc) is 2.90. The molecule has 0 amide bonds. The molecule has 2 unspecified atom stereocenters. The minimum Gasteiger partial charge on any atom is -0.307 e. The Kier molecular flexibility index (Phi) is 5.44. The van der Waals surface area contributed by atoms with E-state index in [0.717, 1.165) is 17.9 Å². The van der Waals surface area contributed by atoms with Crippen molar-refractivity contribution in [2.45, 2.75) is 38.8 Å². The van der Waals surface area contributed by atoms with E-state index < -0.39 is 0 Å². The summed E-state index contributed by atoms with van der Waals surface area (Å²) in [6.07, 6.45) is 2.16. The van der Waals surface area contributed by atoms with Crippen molar-refractivity contribution >= 4 is 22.9 Å². The number of halogens is 1. The smallest absolute Gasteiger partial charge is 0.0406 e. The zero-order chi connectivity index (χ0) is 13.7. The highest BCUT2D eigenvalue weighted by molar-refractivity contribution is 7.07. The van der Waals surface area contributed by atoms with Crippen molar-refractivity contribution in [3.05, 3.63) is 57.2 Å². The lowest BCUT2D eigenvalue weighted by atomic mass is 10.0. The van der Waals surface area contributed by atoms with E-state index >= 15 is 0 Å². The SMILES string of the molecule is CCC(NC(C)Cc1ccsc1)c1ccc(Cl)cc1. The fourth-order valence-electron chi connectivity index (χ4n) is 2.31. The minimum absolute atomic E-state index is 0.394. The van der Waals surface area contributed by atoms with Crippen LogP contribution in [0.5, 0.6) is 0 Å². The van der Waals surface area contributed by atoms with Crippen LogP contribution in [0, 0.1) is 0 Å². The molecule has 0 bridgehead atoms. The van der Waals surface area contributed by atoms with Gasteiger partial charge >= 0.3 is 0 Å². The summed E-state index contributed by atoms with van der Waals surface area (Å²) in [5, 5.41) is 8.86. The maximum absolute atomic E-state index is 5.94. The predicted molar refractivity (Wildman–Crippen MR) is 85.1 cm³/mol. The van der Waals surface area contributed by atoms with Gasteiger partial charge in [-0.2, -0.15) is 11.3 Å². The molecule has 0 aliphatic heterocycles. The van der Waals surface area contributed by atoms with Gasteiger partial charge in [0.25, 0.3) is 0 Å². The van der Waals surface area contributed by atoms with Crippen molar-refractivity contribution in [3.63, 3.8) is 0 Å². The normalized spacial score (nSPS) is 14.3. The average molecular weight is 294 g/mol. The fraction of sp³-hybridized carbons (Fsp3) is 0.375. The predicted octanol–water partition coefficient (Wildman–Crippen LogP) is 5.07. The molecule has 1 aromatic heterocycles. The van der Waals surface area contributed by atoms with Gasteiger partial charge in [-0.25, -0.2) is 0 Å². The molecule has 1 nitrogen and oxygen atoms in total. The molecule has 2 rings (SSSR count). The molecule has 0 fully saturated rings. The van der Waals surface area contributed by atoms with Crippen LogP contribution in [0.1, 0.15) is 37.4 Å². The number of hydrogen-bond donors (Lipinski definition) is 1. The second-order valence-corrected chi connectivity index (χ2v) is 6.13. The molecule has 0 aliphatic carbocycles. The topological polar surface area (TPSA) is 12.0 Å². The van der Waals surface area contributed by atoms with E-state index in [1.165, 1.54) is 11.1 Å². The standard InChI is InChI=1S/C16H20ClNS/c1-3-16(14-4-6-15(17)7-5-14)18-12(2)10-13-8-9-19-11-13/h4-9,11-12,16,18H,3,10H2,1-2H3. The van der Waals surface area contributed by atoms with E-state index in [1.54, 1.807) is 11.3 Å². The fourth-order valence-corrected chi connectivity index (χ4v) is 3.12. The van der Waals surface area contributed by atoms with E-state index in [4.69, 9.17) is 11.6 Å². The van der Waals surface area contributed by atoms with Gasteiger partial charge in [0.1, 0.15) is 0 Å². The van der Waals surface area contributed by atoms with Gasteiger partial charge in [-0.15, -0.1) is 0 Å². The van der Waals surface area contributed by atoms with Crippen LogP contribution in [0.3, 0.4) is 0 Å². The molecule has 0 spiro atoms. The Balaban J connectivity index is 1.96. The molecule has 1 N–H and O–H groups in total. The van der Waals surface area contributed by atoms with Crippen LogP contribution in [0.4, 0.5) is 0 Å². The molecule has 1 aromatic carbocycles. The van der Waals surface area contributed by atoms with E-state index in [9.17, 15) is 0 Å². The van der Waals surface area contributed by atoms with Gasteiger partial charge in [-0.1, -0.05) is 30.7 Å². The minimum atomic E-state index is 0.394. The van der Waals surface area contributed by atoms with Crippen LogP contribution < -0.4 is 5.32 Å². The lowest BCUT2D eigenvalue weighted by Gasteiger charge is -2.22. The third kappa shape index (κ3) is 4.34. The van der Waals surface area contributed by atoms with Crippen molar-refractivity contribution in [1.82, 2.24) is 5.32 Å². The number of benzene rings is 1. The first-order valence-electron chi connectivity index (χ1n) is 6.71. The van der Waals surface area contributed by atoms with Crippen LogP contribution in [-0.4, -0.2) is 6.04 Å². The van der Waals surface area contributed by atoms with Gasteiger partial charge in [0.2, 0.25) is 0 Å². The molecule has 0 aliphatic rings. The van der Waals surface area contributed by atoms with Crippen LogP contribution in [0.2, 0.25) is 5.02 Å². The molecule has 0 saturated heterocycles. The van der Waals surface area contributed by atoms with Crippen molar-refractivity contribution in [3.8, 4) is 0 Å². The van der Waals surface area contributed by atoms with Gasteiger partial charge in [0, 0.05) is 17.1 Å².